The van der Waals surface area contributed by atoms with Crippen LogP contribution in [0.25, 0.3) is 0 Å². The van der Waals surface area contributed by atoms with E-state index in [1.54, 1.807) is 31.4 Å². The molecule has 0 bridgehead atoms. The van der Waals surface area contributed by atoms with E-state index in [1.165, 1.54) is 25.2 Å². The summed E-state index contributed by atoms with van der Waals surface area (Å²) >= 11 is 0. The first-order chi connectivity index (χ1) is 18.6. The molecule has 2 aromatic rings. The minimum Gasteiger partial charge on any atom is -0.497 e. The molecule has 2 amide bonds. The summed E-state index contributed by atoms with van der Waals surface area (Å²) in [6, 6.07) is 11.2. The summed E-state index contributed by atoms with van der Waals surface area (Å²) in [6.07, 6.45) is 5.35. The van der Waals surface area contributed by atoms with Crippen LogP contribution in [-0.4, -0.2) is 71.3 Å². The maximum atomic E-state index is 13.9. The van der Waals surface area contributed by atoms with E-state index < -0.39 is 28.5 Å². The third-order valence-electron chi connectivity index (χ3n) is 6.93. The number of carbonyl (C=O) groups excluding carboxylic acids is 2. The smallest absolute Gasteiger partial charge is 0.244 e. The predicted molar refractivity (Wildman–Crippen MR) is 150 cm³/mol. The molecule has 3 rings (SSSR count). The van der Waals surface area contributed by atoms with Gasteiger partial charge in [-0.15, -0.1) is 0 Å². The molecule has 0 saturated heterocycles. The fourth-order valence-electron chi connectivity index (χ4n) is 4.81. The van der Waals surface area contributed by atoms with Gasteiger partial charge in [0.15, 0.2) is 11.5 Å². The number of methoxy groups -OCH3 is 3. The van der Waals surface area contributed by atoms with Crippen LogP contribution >= 0.6 is 0 Å². The predicted octanol–water partition coefficient (Wildman–Crippen LogP) is 3.34. The zero-order valence-electron chi connectivity index (χ0n) is 23.3. The van der Waals surface area contributed by atoms with Crippen LogP contribution in [0, 0.1) is 0 Å². The van der Waals surface area contributed by atoms with Gasteiger partial charge in [-0.3, -0.25) is 13.9 Å². The number of nitrogens with zero attached hydrogens (tertiary/aromatic N) is 2. The van der Waals surface area contributed by atoms with Crippen molar-refractivity contribution in [3.05, 3.63) is 48.0 Å². The topological polar surface area (TPSA) is 114 Å². The fraction of sp³-hybridized carbons (Fsp3) is 0.500. The molecule has 0 radical (unpaired) electrons. The summed E-state index contributed by atoms with van der Waals surface area (Å²) < 4.78 is 42.6. The first kappa shape index (κ1) is 30.1. The molecule has 11 heteroatoms. The molecule has 1 saturated carbocycles. The lowest BCUT2D eigenvalue weighted by Gasteiger charge is -2.33. The van der Waals surface area contributed by atoms with E-state index in [4.69, 9.17) is 14.2 Å². The third kappa shape index (κ3) is 7.78. The van der Waals surface area contributed by atoms with Gasteiger partial charge in [0, 0.05) is 18.7 Å². The maximum absolute atomic E-state index is 13.9. The van der Waals surface area contributed by atoms with Crippen molar-refractivity contribution >= 4 is 27.5 Å². The van der Waals surface area contributed by atoms with Crippen LogP contribution < -0.4 is 23.8 Å². The number of rotatable bonds is 13. The van der Waals surface area contributed by atoms with Crippen molar-refractivity contribution in [3.8, 4) is 17.2 Å². The first-order valence-electron chi connectivity index (χ1n) is 13.0. The second-order valence-corrected chi connectivity index (χ2v) is 11.5. The second-order valence-electron chi connectivity index (χ2n) is 9.59. The molecule has 214 valence electrons. The Morgan fingerprint density at radius 1 is 0.974 bits per heavy atom. The zero-order chi connectivity index (χ0) is 28.6. The maximum Gasteiger partial charge on any atom is 0.244 e. The number of nitrogens with one attached hydrogen (secondary N) is 1. The molecule has 0 spiro atoms. The zero-order valence-corrected chi connectivity index (χ0v) is 24.1. The minimum atomic E-state index is -3.87. The van der Waals surface area contributed by atoms with Crippen molar-refractivity contribution < 1.29 is 32.2 Å². The second kappa shape index (κ2) is 13.5. The van der Waals surface area contributed by atoms with Gasteiger partial charge in [-0.05, 0) is 49.1 Å². The van der Waals surface area contributed by atoms with Gasteiger partial charge in [0.1, 0.15) is 18.3 Å². The van der Waals surface area contributed by atoms with Gasteiger partial charge in [-0.25, -0.2) is 8.42 Å². The number of amides is 2. The summed E-state index contributed by atoms with van der Waals surface area (Å²) in [4.78, 5) is 28.7. The Kier molecular flexibility index (Phi) is 10.4. The monoisotopic (exact) mass is 561 g/mol. The van der Waals surface area contributed by atoms with Gasteiger partial charge in [0.25, 0.3) is 0 Å². The molecular formula is C28H39N3O7S. The molecule has 0 aliphatic heterocycles. The van der Waals surface area contributed by atoms with E-state index in [1.807, 2.05) is 19.1 Å². The van der Waals surface area contributed by atoms with Crippen molar-refractivity contribution in [3.63, 3.8) is 0 Å². The fourth-order valence-corrected chi connectivity index (χ4v) is 5.65. The lowest BCUT2D eigenvalue weighted by Crippen LogP contribution is -2.53. The van der Waals surface area contributed by atoms with Gasteiger partial charge >= 0.3 is 0 Å². The van der Waals surface area contributed by atoms with Crippen LogP contribution in [0.2, 0.25) is 0 Å². The van der Waals surface area contributed by atoms with Crippen LogP contribution in [-0.2, 0) is 26.2 Å². The average Bonchev–Trinajstić information content (AvgIpc) is 3.43. The normalized spacial score (nSPS) is 14.4. The van der Waals surface area contributed by atoms with Gasteiger partial charge in [-0.1, -0.05) is 31.9 Å². The van der Waals surface area contributed by atoms with Crippen molar-refractivity contribution in [2.75, 3.05) is 38.4 Å². The summed E-state index contributed by atoms with van der Waals surface area (Å²) in [7, 11) is 0.624. The van der Waals surface area contributed by atoms with Crippen LogP contribution in [0.3, 0.4) is 0 Å². The molecule has 1 aliphatic rings. The highest BCUT2D eigenvalue weighted by atomic mass is 32.2. The van der Waals surface area contributed by atoms with E-state index in [0.717, 1.165) is 41.8 Å². The van der Waals surface area contributed by atoms with Crippen molar-refractivity contribution in [1.29, 1.82) is 0 Å². The Morgan fingerprint density at radius 3 is 2.15 bits per heavy atom. The number of anilines is 1. The highest BCUT2D eigenvalue weighted by Gasteiger charge is 2.33. The van der Waals surface area contributed by atoms with Crippen molar-refractivity contribution in [2.24, 2.45) is 0 Å². The Morgan fingerprint density at radius 2 is 1.62 bits per heavy atom. The van der Waals surface area contributed by atoms with Gasteiger partial charge in [0.05, 0.1) is 33.3 Å². The van der Waals surface area contributed by atoms with E-state index in [-0.39, 0.29) is 24.2 Å². The molecule has 2 aromatic carbocycles. The van der Waals surface area contributed by atoms with Crippen LogP contribution in [0.5, 0.6) is 17.2 Å². The largest absolute Gasteiger partial charge is 0.497 e. The highest BCUT2D eigenvalue weighted by Crippen LogP contribution is 2.32. The summed E-state index contributed by atoms with van der Waals surface area (Å²) in [6.45, 7) is 1.48. The molecule has 1 aliphatic carbocycles. The number of hydrogen-bond donors (Lipinski definition) is 1. The Labute approximate surface area is 231 Å². The van der Waals surface area contributed by atoms with Crippen LogP contribution in [0.1, 0.15) is 44.6 Å². The molecule has 0 aromatic heterocycles. The van der Waals surface area contributed by atoms with Crippen LogP contribution in [0.4, 0.5) is 5.69 Å². The number of ether oxygens (including phenoxy) is 3. The van der Waals surface area contributed by atoms with Crippen molar-refractivity contribution in [1.82, 2.24) is 10.2 Å². The molecule has 1 fully saturated rings. The number of carbonyl (C=O) groups is 2. The van der Waals surface area contributed by atoms with Gasteiger partial charge in [0.2, 0.25) is 21.8 Å². The molecule has 1 atom stereocenters. The lowest BCUT2D eigenvalue weighted by atomic mass is 10.1. The number of hydrogen-bond acceptors (Lipinski definition) is 7. The summed E-state index contributed by atoms with van der Waals surface area (Å²) in [5.41, 5.74) is 1.03. The Balaban J connectivity index is 1.95. The molecule has 10 nitrogen and oxygen atoms in total. The summed E-state index contributed by atoms with van der Waals surface area (Å²) in [5, 5.41) is 3.10. The summed E-state index contributed by atoms with van der Waals surface area (Å²) in [5.74, 6) is 0.687. The Hall–Kier alpha value is -3.47. The molecule has 0 heterocycles. The van der Waals surface area contributed by atoms with Gasteiger partial charge < -0.3 is 24.4 Å². The minimum absolute atomic E-state index is 0.0868. The molecule has 39 heavy (non-hydrogen) atoms. The van der Waals surface area contributed by atoms with Crippen LogP contribution in [0.15, 0.2) is 42.5 Å². The molecule has 0 unspecified atom stereocenters. The quantitative estimate of drug-likeness (QED) is 0.399. The first-order valence-corrected chi connectivity index (χ1v) is 14.9. The third-order valence-corrected chi connectivity index (χ3v) is 8.07. The number of benzene rings is 2. The van der Waals surface area contributed by atoms with E-state index >= 15 is 0 Å². The average molecular weight is 562 g/mol. The van der Waals surface area contributed by atoms with Gasteiger partial charge in [-0.2, -0.15) is 0 Å². The van der Waals surface area contributed by atoms with Crippen molar-refractivity contribution in [2.45, 2.75) is 57.7 Å². The molecular weight excluding hydrogens is 522 g/mol. The highest BCUT2D eigenvalue weighted by molar-refractivity contribution is 7.92. The standard InChI is InChI=1S/C28H39N3O7S/c1-6-24(28(33)29-21-9-7-8-10-21)30(18-20-11-14-23(36-2)15-12-20)27(32)19-31(39(5,34)35)22-13-16-25(37-3)26(17-22)38-4/h11-17,21,24H,6-10,18-19H2,1-5H3,(H,29,33)/t24-/m0/s1. The van der Waals surface area contributed by atoms with E-state index in [9.17, 15) is 18.0 Å². The molecule has 1 N–H and O–H groups in total. The Bertz CT molecular complexity index is 1230. The lowest BCUT2D eigenvalue weighted by molar-refractivity contribution is -0.140. The van der Waals surface area contributed by atoms with E-state index in [0.29, 0.717) is 23.7 Å². The number of sulfonamides is 1. The van der Waals surface area contributed by atoms with E-state index in [2.05, 4.69) is 5.32 Å². The SMILES string of the molecule is CC[C@@H](C(=O)NC1CCCC1)N(Cc1ccc(OC)cc1)C(=O)CN(c1ccc(OC)c(OC)c1)S(C)(=O)=O.